The first-order valence-corrected chi connectivity index (χ1v) is 18.5. The smallest absolute Gasteiger partial charge is 0.306 e. The second kappa shape index (κ2) is 12.3. The third kappa shape index (κ3) is 4.78. The molecule has 1 aliphatic heterocycles. The number of ether oxygens (including phenoxy) is 1. The summed E-state index contributed by atoms with van der Waals surface area (Å²) in [6, 6.07) is 5.43. The van der Waals surface area contributed by atoms with Crippen LogP contribution < -0.4 is 5.73 Å². The van der Waals surface area contributed by atoms with Gasteiger partial charge in [-0.25, -0.2) is 13.5 Å². The highest BCUT2D eigenvalue weighted by Crippen LogP contribution is 2.71. The Hall–Kier alpha value is -3.58. The van der Waals surface area contributed by atoms with Crippen molar-refractivity contribution >= 4 is 40.7 Å². The van der Waals surface area contributed by atoms with Gasteiger partial charge in [0.25, 0.3) is 5.91 Å². The Labute approximate surface area is 294 Å². The van der Waals surface area contributed by atoms with Crippen LogP contribution in [0.3, 0.4) is 0 Å². The number of nitrogens with zero attached hydrogens (tertiary/aromatic N) is 3. The molecule has 13 heteroatoms. The summed E-state index contributed by atoms with van der Waals surface area (Å²) < 4.78 is 39.4. The van der Waals surface area contributed by atoms with Gasteiger partial charge in [0.1, 0.15) is 17.7 Å². The lowest BCUT2D eigenvalue weighted by atomic mass is 9.44. The lowest BCUT2D eigenvalue weighted by molar-refractivity contribution is -0.228. The number of aliphatic hydroxyl groups is 1. The molecule has 3 N–H and O–H groups in total. The van der Waals surface area contributed by atoms with E-state index >= 15 is 4.39 Å². The van der Waals surface area contributed by atoms with Crippen LogP contribution >= 0.6 is 11.8 Å². The van der Waals surface area contributed by atoms with Crippen LogP contribution in [0.2, 0.25) is 0 Å². The maximum absolute atomic E-state index is 18.2. The molecule has 4 aliphatic carbocycles. The molecule has 1 saturated heterocycles. The molecular formula is C37H44F2N4O6S. The third-order valence-corrected chi connectivity index (χ3v) is 13.7. The summed E-state index contributed by atoms with van der Waals surface area (Å²) in [5.74, 6) is -2.38. The fourth-order valence-electron chi connectivity index (χ4n) is 10.5. The standard InChI is InChI=1S/C37H44F2N4O6S/c1-4-30(45)49-36(33(48)50-20-38)13-12-25-26-11-10-23-16-28-22(17-34(23,2)37(26,39)29(44)18-35(25,36)3)19-41-43(28)24-8-5-7-21(15-24)32(47)42-14-6-9-27(42)31(40)46/h5,7-8,15-16,19,25-27,29,44H,4,6,9-14,17-18,20H2,1-3H3,(H2,40,46)/t25-,26-,27+,29-,34-,35-,36-,37-/m0/s1. The molecule has 1 aromatic carbocycles. The van der Waals surface area contributed by atoms with Crippen molar-refractivity contribution in [1.29, 1.82) is 0 Å². The van der Waals surface area contributed by atoms with Crippen molar-refractivity contribution in [2.24, 2.45) is 28.4 Å². The summed E-state index contributed by atoms with van der Waals surface area (Å²) in [6.45, 7) is 5.75. The molecule has 2 aromatic rings. The van der Waals surface area contributed by atoms with Gasteiger partial charge in [0.05, 0.1) is 23.7 Å². The number of allylic oxidation sites excluding steroid dienone is 1. The van der Waals surface area contributed by atoms with Crippen LogP contribution in [0, 0.1) is 22.7 Å². The molecule has 50 heavy (non-hydrogen) atoms. The Morgan fingerprint density at radius 1 is 1.16 bits per heavy atom. The Kier molecular flexibility index (Phi) is 8.56. The number of hydrogen-bond acceptors (Lipinski definition) is 8. The Balaban J connectivity index is 1.21. The van der Waals surface area contributed by atoms with E-state index in [1.54, 1.807) is 42.9 Å². The summed E-state index contributed by atoms with van der Waals surface area (Å²) in [5.41, 5.74) is 3.17. The number of nitrogens with two attached hydrogens (primary N) is 1. The summed E-state index contributed by atoms with van der Waals surface area (Å²) >= 11 is 0.468. The number of esters is 1. The van der Waals surface area contributed by atoms with Crippen molar-refractivity contribution in [3.63, 3.8) is 0 Å². The number of primary amides is 1. The second-order valence-electron chi connectivity index (χ2n) is 15.1. The highest BCUT2D eigenvalue weighted by molar-refractivity contribution is 8.13. The molecule has 10 nitrogen and oxygen atoms in total. The molecule has 268 valence electrons. The average molecular weight is 711 g/mol. The molecule has 3 saturated carbocycles. The van der Waals surface area contributed by atoms with Crippen LogP contribution in [-0.2, 0) is 25.5 Å². The van der Waals surface area contributed by atoms with Crippen molar-refractivity contribution in [3.05, 3.63) is 52.9 Å². The number of rotatable bonds is 7. The first-order valence-electron chi connectivity index (χ1n) is 17.6. The molecule has 8 atom stereocenters. The molecule has 1 aromatic heterocycles. The zero-order chi connectivity index (χ0) is 35.8. The molecule has 0 radical (unpaired) electrons. The topological polar surface area (TPSA) is 145 Å². The lowest BCUT2D eigenvalue weighted by Gasteiger charge is -2.63. The van der Waals surface area contributed by atoms with Crippen molar-refractivity contribution in [2.45, 2.75) is 102 Å². The van der Waals surface area contributed by atoms with Crippen LogP contribution in [0.25, 0.3) is 11.8 Å². The van der Waals surface area contributed by atoms with Gasteiger partial charge in [-0.05, 0) is 98.9 Å². The van der Waals surface area contributed by atoms with E-state index in [1.165, 1.54) is 4.90 Å². The first-order chi connectivity index (χ1) is 23.8. The molecular weight excluding hydrogens is 666 g/mol. The van der Waals surface area contributed by atoms with Crippen LogP contribution in [0.1, 0.15) is 93.8 Å². The Morgan fingerprint density at radius 2 is 1.94 bits per heavy atom. The van der Waals surface area contributed by atoms with E-state index in [2.05, 4.69) is 5.10 Å². The van der Waals surface area contributed by atoms with E-state index in [9.17, 15) is 28.7 Å². The monoisotopic (exact) mass is 710 g/mol. The van der Waals surface area contributed by atoms with Crippen molar-refractivity contribution in [2.75, 3.05) is 12.6 Å². The highest BCUT2D eigenvalue weighted by atomic mass is 32.2. The number of carbonyl (C=O) groups excluding carboxylic acids is 4. The Bertz CT molecular complexity index is 1800. The van der Waals surface area contributed by atoms with E-state index in [1.807, 2.05) is 19.1 Å². The van der Waals surface area contributed by atoms with Crippen LogP contribution in [0.15, 0.2) is 36.0 Å². The van der Waals surface area contributed by atoms with Gasteiger partial charge in [-0.15, -0.1) is 0 Å². The minimum absolute atomic E-state index is 0.0339. The van der Waals surface area contributed by atoms with Gasteiger partial charge >= 0.3 is 5.97 Å². The van der Waals surface area contributed by atoms with E-state index in [-0.39, 0.29) is 37.5 Å². The van der Waals surface area contributed by atoms with Crippen molar-refractivity contribution in [1.82, 2.24) is 14.7 Å². The fourth-order valence-corrected chi connectivity index (χ4v) is 11.2. The minimum atomic E-state index is -2.05. The highest BCUT2D eigenvalue weighted by Gasteiger charge is 2.76. The summed E-state index contributed by atoms with van der Waals surface area (Å²) in [6.07, 6.45) is 5.18. The number of likely N-dealkylation sites (tertiary alicyclic amines) is 1. The number of amides is 2. The van der Waals surface area contributed by atoms with Crippen LogP contribution in [0.4, 0.5) is 8.78 Å². The van der Waals surface area contributed by atoms with Gasteiger partial charge in [-0.2, -0.15) is 5.10 Å². The van der Waals surface area contributed by atoms with Crippen molar-refractivity contribution in [3.8, 4) is 5.69 Å². The van der Waals surface area contributed by atoms with Gasteiger partial charge < -0.3 is 20.5 Å². The quantitative estimate of drug-likeness (QED) is 0.379. The third-order valence-electron chi connectivity index (χ3n) is 13.0. The summed E-state index contributed by atoms with van der Waals surface area (Å²) in [5, 5.41) is 16.0. The van der Waals surface area contributed by atoms with E-state index < -0.39 is 63.2 Å². The number of halogens is 2. The molecule has 4 fully saturated rings. The van der Waals surface area contributed by atoms with E-state index in [0.29, 0.717) is 61.7 Å². The summed E-state index contributed by atoms with van der Waals surface area (Å²) in [4.78, 5) is 53.1. The maximum Gasteiger partial charge on any atom is 0.306 e. The largest absolute Gasteiger partial charge is 0.449 e. The predicted octanol–water partition coefficient (Wildman–Crippen LogP) is 5.09. The number of aliphatic hydroxyl groups excluding tert-OH is 1. The van der Waals surface area contributed by atoms with Gasteiger partial charge in [0.2, 0.25) is 11.0 Å². The number of carbonyl (C=O) groups is 4. The average Bonchev–Trinajstić information content (AvgIpc) is 3.81. The number of alkyl halides is 2. The second-order valence-corrected chi connectivity index (χ2v) is 16.0. The molecule has 7 rings (SSSR count). The molecule has 0 bridgehead atoms. The predicted molar refractivity (Wildman–Crippen MR) is 182 cm³/mol. The number of thioether (sulfide) groups is 1. The van der Waals surface area contributed by atoms with Crippen LogP contribution in [0.5, 0.6) is 0 Å². The minimum Gasteiger partial charge on any atom is -0.449 e. The van der Waals surface area contributed by atoms with Gasteiger partial charge in [-0.3, -0.25) is 19.2 Å². The zero-order valence-electron chi connectivity index (χ0n) is 28.6. The molecule has 0 spiro atoms. The SMILES string of the molecule is CCC(=O)O[C@]1(C(=O)SCF)CC[C@H]2[C@@H]3CCC4=Cc5c(cnn5-c5cccc(C(=O)N6CCC[C@@H]6C(N)=O)c5)C[C@]4(C)[C@@]3(F)[C@@H](O)C[C@@]21C. The summed E-state index contributed by atoms with van der Waals surface area (Å²) in [7, 11) is 0. The first kappa shape index (κ1) is 34.9. The van der Waals surface area contributed by atoms with E-state index in [4.69, 9.17) is 10.5 Å². The molecule has 0 unspecified atom stereocenters. The van der Waals surface area contributed by atoms with Crippen LogP contribution in [-0.4, -0.2) is 78.7 Å². The number of fused-ring (bicyclic) bond motifs is 6. The van der Waals surface area contributed by atoms with Gasteiger partial charge in [-0.1, -0.05) is 32.4 Å². The fraction of sp³-hybridized carbons (Fsp3) is 0.595. The molecule has 5 aliphatic rings. The van der Waals surface area contributed by atoms with Gasteiger partial charge in [0.15, 0.2) is 5.60 Å². The van der Waals surface area contributed by atoms with Gasteiger partial charge in [0, 0.05) is 35.3 Å². The lowest BCUT2D eigenvalue weighted by Crippen LogP contribution is -2.70. The normalized spacial score (nSPS) is 35.7. The zero-order valence-corrected chi connectivity index (χ0v) is 29.4. The Morgan fingerprint density at radius 3 is 2.66 bits per heavy atom. The molecule has 2 amide bonds. The molecule has 2 heterocycles. The number of aromatic nitrogens is 2. The van der Waals surface area contributed by atoms with Crippen molar-refractivity contribution < 1.29 is 37.8 Å². The number of hydrogen-bond donors (Lipinski definition) is 2. The number of benzene rings is 1. The van der Waals surface area contributed by atoms with E-state index in [0.717, 1.165) is 16.8 Å². The maximum atomic E-state index is 18.2.